The van der Waals surface area contributed by atoms with Crippen LogP contribution in [0.3, 0.4) is 0 Å². The summed E-state index contributed by atoms with van der Waals surface area (Å²) in [5, 5.41) is 14.3. The SMILES string of the molecule is Cn1ccn2cc(C(C#N)NC(=O)[C@@H]3[C@@H]4[C@H](CN3C(=O)[C@@H](NC(=O)C(F)(F)F)C(C)(C)C)C4(C)C)cc2c1=O. The number of likely N-dealkylation sites (tertiary alicyclic amines) is 1. The third-order valence-corrected chi connectivity index (χ3v) is 8.02. The van der Waals surface area contributed by atoms with Gasteiger partial charge in [-0.2, -0.15) is 18.4 Å². The molecule has 4 rings (SSSR count). The number of nitriles is 1. The molecule has 10 nitrogen and oxygen atoms in total. The first-order valence-electron chi connectivity index (χ1n) is 12.4. The van der Waals surface area contributed by atoms with E-state index >= 15 is 0 Å². The second kappa shape index (κ2) is 9.14. The molecule has 1 aliphatic heterocycles. The highest BCUT2D eigenvalue weighted by Crippen LogP contribution is 2.65. The van der Waals surface area contributed by atoms with E-state index in [1.165, 1.54) is 40.7 Å². The number of nitrogens with one attached hydrogen (secondary N) is 2. The number of hydrogen-bond acceptors (Lipinski definition) is 5. The Morgan fingerprint density at radius 3 is 2.36 bits per heavy atom. The number of aryl methyl sites for hydroxylation is 1. The maximum Gasteiger partial charge on any atom is 0.471 e. The Bertz CT molecular complexity index is 1440. The normalized spacial score (nSPS) is 23.5. The van der Waals surface area contributed by atoms with Gasteiger partial charge in [0.15, 0.2) is 0 Å². The van der Waals surface area contributed by atoms with Gasteiger partial charge in [0, 0.05) is 37.7 Å². The van der Waals surface area contributed by atoms with Crippen molar-refractivity contribution in [3.05, 3.63) is 40.6 Å². The number of alkyl halides is 3. The zero-order valence-corrected chi connectivity index (χ0v) is 22.5. The molecule has 2 N–H and O–H groups in total. The van der Waals surface area contributed by atoms with E-state index in [4.69, 9.17) is 0 Å². The largest absolute Gasteiger partial charge is 0.471 e. The van der Waals surface area contributed by atoms with Gasteiger partial charge in [-0.25, -0.2) is 0 Å². The summed E-state index contributed by atoms with van der Waals surface area (Å²) in [5.41, 5.74) is -1.02. The molecule has 0 spiro atoms. The van der Waals surface area contributed by atoms with Crippen molar-refractivity contribution in [3.8, 4) is 6.07 Å². The highest BCUT2D eigenvalue weighted by atomic mass is 19.4. The molecule has 0 aromatic carbocycles. The summed E-state index contributed by atoms with van der Waals surface area (Å²) >= 11 is 0. The summed E-state index contributed by atoms with van der Waals surface area (Å²) in [4.78, 5) is 52.6. The van der Waals surface area contributed by atoms with Crippen molar-refractivity contribution < 1.29 is 27.6 Å². The van der Waals surface area contributed by atoms with E-state index in [0.717, 1.165) is 0 Å². The number of nitrogens with zero attached hydrogens (tertiary/aromatic N) is 4. The van der Waals surface area contributed by atoms with Crippen molar-refractivity contribution >= 4 is 23.2 Å². The van der Waals surface area contributed by atoms with Crippen LogP contribution in [0.1, 0.15) is 46.2 Å². The van der Waals surface area contributed by atoms with Gasteiger partial charge < -0.3 is 24.5 Å². The Kier molecular flexibility index (Phi) is 6.60. The Balaban J connectivity index is 1.62. The molecular formula is C26H31F3N6O4. The van der Waals surface area contributed by atoms with Gasteiger partial charge in [0.2, 0.25) is 11.8 Å². The number of amides is 3. The highest BCUT2D eigenvalue weighted by Gasteiger charge is 2.70. The number of halogens is 3. The van der Waals surface area contributed by atoms with Gasteiger partial charge in [0.1, 0.15) is 23.6 Å². The van der Waals surface area contributed by atoms with Crippen LogP contribution in [0.2, 0.25) is 0 Å². The molecule has 1 unspecified atom stereocenters. The van der Waals surface area contributed by atoms with E-state index in [9.17, 15) is 37.6 Å². The Morgan fingerprint density at radius 1 is 1.15 bits per heavy atom. The number of rotatable bonds is 5. The fourth-order valence-electron chi connectivity index (χ4n) is 5.63. The van der Waals surface area contributed by atoms with E-state index in [-0.39, 0.29) is 29.4 Å². The monoisotopic (exact) mass is 548 g/mol. The Morgan fingerprint density at radius 2 is 1.79 bits per heavy atom. The predicted octanol–water partition coefficient (Wildman–Crippen LogP) is 1.90. The van der Waals surface area contributed by atoms with Crippen LogP contribution in [0, 0.1) is 34.0 Å². The van der Waals surface area contributed by atoms with E-state index < -0.39 is 47.4 Å². The summed E-state index contributed by atoms with van der Waals surface area (Å²) in [6, 6.07) is -0.228. The Hall–Kier alpha value is -3.82. The van der Waals surface area contributed by atoms with Crippen LogP contribution in [0.4, 0.5) is 13.2 Å². The third-order valence-electron chi connectivity index (χ3n) is 8.02. The number of hydrogen-bond donors (Lipinski definition) is 2. The maximum atomic E-state index is 13.6. The second-order valence-electron chi connectivity index (χ2n) is 12.0. The molecular weight excluding hydrogens is 517 g/mol. The molecule has 0 radical (unpaired) electrons. The average molecular weight is 549 g/mol. The minimum absolute atomic E-state index is 0.0724. The third kappa shape index (κ3) is 4.88. The molecule has 3 amide bonds. The predicted molar refractivity (Wildman–Crippen MR) is 133 cm³/mol. The van der Waals surface area contributed by atoms with Gasteiger partial charge in [-0.3, -0.25) is 19.2 Å². The van der Waals surface area contributed by atoms with Gasteiger partial charge in [-0.05, 0) is 28.7 Å². The molecule has 2 fully saturated rings. The van der Waals surface area contributed by atoms with Crippen molar-refractivity contribution in [2.24, 2.45) is 29.7 Å². The number of carbonyl (C=O) groups is 3. The molecule has 2 aliphatic rings. The number of aromatic nitrogens is 2. The average Bonchev–Trinajstić information content (AvgIpc) is 3.21. The van der Waals surface area contributed by atoms with Crippen LogP contribution in [0.15, 0.2) is 29.5 Å². The lowest BCUT2D eigenvalue weighted by molar-refractivity contribution is -0.176. The second-order valence-corrected chi connectivity index (χ2v) is 12.0. The molecule has 1 saturated heterocycles. The van der Waals surface area contributed by atoms with Crippen LogP contribution in [0.5, 0.6) is 0 Å². The van der Waals surface area contributed by atoms with Gasteiger partial charge in [-0.1, -0.05) is 34.6 Å². The quantitative estimate of drug-likeness (QED) is 0.590. The van der Waals surface area contributed by atoms with Gasteiger partial charge in [0.05, 0.1) is 6.07 Å². The molecule has 2 aromatic heterocycles. The van der Waals surface area contributed by atoms with Crippen LogP contribution in [0.25, 0.3) is 5.52 Å². The number of fused-ring (bicyclic) bond motifs is 2. The van der Waals surface area contributed by atoms with E-state index in [1.54, 1.807) is 25.6 Å². The zero-order valence-electron chi connectivity index (χ0n) is 22.5. The molecule has 3 heterocycles. The molecule has 210 valence electrons. The standard InChI is InChI=1S/C26H31F3N6O4/c1-24(2,3)19(32-23(39)26(27,28)29)22(38)35-12-14-17(25(14,4)5)18(35)20(36)31-15(10-30)13-9-16-21(37)33(6)7-8-34(16)11-13/h7-9,11,14-15,17-19H,12H2,1-6H3,(H,31,36)(H,32,39)/t14-,15?,17-,18-,19+/m0/s1. The van der Waals surface area contributed by atoms with Crippen LogP contribution in [-0.2, 0) is 21.4 Å². The Labute approximate surface area is 222 Å². The molecule has 39 heavy (non-hydrogen) atoms. The highest BCUT2D eigenvalue weighted by molar-refractivity contribution is 5.95. The molecule has 1 aliphatic carbocycles. The lowest BCUT2D eigenvalue weighted by atomic mass is 9.85. The van der Waals surface area contributed by atoms with Crippen LogP contribution < -0.4 is 16.2 Å². The lowest BCUT2D eigenvalue weighted by Gasteiger charge is -2.37. The van der Waals surface area contributed by atoms with Crippen molar-refractivity contribution in [2.45, 2.75) is 58.9 Å². The fraction of sp³-hybridized carbons (Fsp3) is 0.577. The number of carbonyl (C=O) groups excluding carboxylic acids is 3. The maximum absolute atomic E-state index is 13.6. The fourth-order valence-corrected chi connectivity index (χ4v) is 5.63. The van der Waals surface area contributed by atoms with E-state index in [1.807, 2.05) is 25.2 Å². The summed E-state index contributed by atoms with van der Waals surface area (Å²) in [5.74, 6) is -4.02. The van der Waals surface area contributed by atoms with Gasteiger partial charge in [-0.15, -0.1) is 0 Å². The van der Waals surface area contributed by atoms with Crippen molar-refractivity contribution in [1.29, 1.82) is 5.26 Å². The zero-order chi connectivity index (χ0) is 29.2. The minimum Gasteiger partial charge on any atom is -0.336 e. The van der Waals surface area contributed by atoms with Gasteiger partial charge in [0.25, 0.3) is 5.56 Å². The molecule has 0 bridgehead atoms. The van der Waals surface area contributed by atoms with Crippen molar-refractivity contribution in [3.63, 3.8) is 0 Å². The van der Waals surface area contributed by atoms with Crippen LogP contribution >= 0.6 is 0 Å². The molecule has 5 atom stereocenters. The molecule has 2 aromatic rings. The number of piperidine rings is 1. The topological polar surface area (TPSA) is 129 Å². The summed E-state index contributed by atoms with van der Waals surface area (Å²) in [6.07, 6.45) is -0.445. The first-order valence-corrected chi connectivity index (χ1v) is 12.4. The summed E-state index contributed by atoms with van der Waals surface area (Å²) in [6.45, 7) is 8.58. The molecule has 13 heteroatoms. The van der Waals surface area contributed by atoms with Crippen LogP contribution in [-0.4, -0.2) is 56.4 Å². The summed E-state index contributed by atoms with van der Waals surface area (Å²) in [7, 11) is 1.58. The van der Waals surface area contributed by atoms with E-state index in [0.29, 0.717) is 11.1 Å². The molecule has 1 saturated carbocycles. The van der Waals surface area contributed by atoms with Crippen molar-refractivity contribution in [2.75, 3.05) is 6.54 Å². The summed E-state index contributed by atoms with van der Waals surface area (Å²) < 4.78 is 42.0. The van der Waals surface area contributed by atoms with Crippen molar-refractivity contribution in [1.82, 2.24) is 24.5 Å². The first kappa shape index (κ1) is 28.2. The van der Waals surface area contributed by atoms with E-state index in [2.05, 4.69) is 5.32 Å². The smallest absolute Gasteiger partial charge is 0.336 e. The lowest BCUT2D eigenvalue weighted by Crippen LogP contribution is -2.60. The van der Waals surface area contributed by atoms with Gasteiger partial charge >= 0.3 is 12.1 Å². The minimum atomic E-state index is -5.18. The first-order chi connectivity index (χ1) is 17.9.